The van der Waals surface area contributed by atoms with Gasteiger partial charge in [-0.25, -0.2) is 0 Å². The Bertz CT molecular complexity index is 97.8. The first-order valence-electron chi connectivity index (χ1n) is 3.64. The van der Waals surface area contributed by atoms with Crippen molar-refractivity contribution in [2.45, 2.75) is 31.1 Å². The van der Waals surface area contributed by atoms with Gasteiger partial charge in [0.1, 0.15) is 5.25 Å². The topological polar surface area (TPSA) is 32.3 Å². The molecule has 1 fully saturated rings. The van der Waals surface area contributed by atoms with Gasteiger partial charge >= 0.3 is 0 Å². The van der Waals surface area contributed by atoms with Crippen LogP contribution >= 0.6 is 0 Å². The van der Waals surface area contributed by atoms with Crippen molar-refractivity contribution in [1.82, 2.24) is 0 Å². The van der Waals surface area contributed by atoms with E-state index in [1.54, 1.807) is 6.26 Å². The summed E-state index contributed by atoms with van der Waals surface area (Å²) in [4.78, 5) is 0. The molecule has 0 amide bonds. The molecule has 3 unspecified atom stereocenters. The van der Waals surface area contributed by atoms with E-state index in [-0.39, 0.29) is 5.25 Å². The molecule has 10 heavy (non-hydrogen) atoms. The van der Waals surface area contributed by atoms with Crippen LogP contribution < -0.4 is 0 Å². The minimum atomic E-state index is -0.692. The van der Waals surface area contributed by atoms with Crippen LogP contribution in [0.5, 0.6) is 0 Å². The summed E-state index contributed by atoms with van der Waals surface area (Å²) in [5, 5.41) is 0.288. The maximum atomic E-state index is 10.9. The molecule has 0 spiro atoms. The van der Waals surface area contributed by atoms with E-state index in [0.29, 0.717) is 12.7 Å². The Morgan fingerprint density at radius 3 is 2.60 bits per heavy atom. The molecule has 0 saturated carbocycles. The summed E-state index contributed by atoms with van der Waals surface area (Å²) in [5.41, 5.74) is 0. The molecular formula is C7H14O2S. The van der Waals surface area contributed by atoms with Crippen LogP contribution in [0.3, 0.4) is 0 Å². The second kappa shape index (κ2) is 3.60. The molecule has 0 aromatic carbocycles. The predicted molar refractivity (Wildman–Crippen MR) is 42.5 cm³/mol. The van der Waals surface area contributed by atoms with Gasteiger partial charge in [-0.1, -0.05) is 11.2 Å². The molecule has 1 aliphatic heterocycles. The monoisotopic (exact) mass is 162 g/mol. The summed E-state index contributed by atoms with van der Waals surface area (Å²) in [5.74, 6) is 0. The van der Waals surface area contributed by atoms with Crippen LogP contribution in [0, 0.1) is 0 Å². The molecule has 0 aromatic rings. The van der Waals surface area contributed by atoms with Gasteiger partial charge in [-0.3, -0.25) is 0 Å². The predicted octanol–water partition coefficient (Wildman–Crippen LogP) is 0.932. The highest BCUT2D eigenvalue weighted by atomic mass is 32.2. The SMILES string of the molecule is CC1CCC([S+](C)[O-])CO1. The van der Waals surface area contributed by atoms with Crippen LogP contribution in [0.25, 0.3) is 0 Å². The van der Waals surface area contributed by atoms with Crippen molar-refractivity contribution in [3.8, 4) is 0 Å². The van der Waals surface area contributed by atoms with E-state index in [4.69, 9.17) is 4.74 Å². The highest BCUT2D eigenvalue weighted by Gasteiger charge is 2.24. The Balaban J connectivity index is 2.26. The van der Waals surface area contributed by atoms with E-state index in [0.717, 1.165) is 12.8 Å². The number of ether oxygens (including phenoxy) is 1. The number of hydrogen-bond acceptors (Lipinski definition) is 2. The zero-order valence-electron chi connectivity index (χ0n) is 6.50. The maximum Gasteiger partial charge on any atom is 0.138 e. The van der Waals surface area contributed by atoms with Gasteiger partial charge in [-0.2, -0.15) is 0 Å². The quantitative estimate of drug-likeness (QED) is 0.537. The van der Waals surface area contributed by atoms with Gasteiger partial charge in [-0.15, -0.1) is 0 Å². The molecular weight excluding hydrogens is 148 g/mol. The fourth-order valence-electron chi connectivity index (χ4n) is 1.12. The van der Waals surface area contributed by atoms with Crippen molar-refractivity contribution in [1.29, 1.82) is 0 Å². The van der Waals surface area contributed by atoms with Gasteiger partial charge in [0.2, 0.25) is 0 Å². The van der Waals surface area contributed by atoms with Crippen molar-refractivity contribution in [3.63, 3.8) is 0 Å². The van der Waals surface area contributed by atoms with Crippen molar-refractivity contribution < 1.29 is 9.29 Å². The third-order valence-electron chi connectivity index (χ3n) is 1.93. The Kier molecular flexibility index (Phi) is 3.01. The van der Waals surface area contributed by atoms with Crippen molar-refractivity contribution >= 4 is 11.2 Å². The van der Waals surface area contributed by atoms with E-state index in [2.05, 4.69) is 6.92 Å². The summed E-state index contributed by atoms with van der Waals surface area (Å²) in [7, 11) is 0. The summed E-state index contributed by atoms with van der Waals surface area (Å²) < 4.78 is 16.3. The zero-order chi connectivity index (χ0) is 7.56. The summed E-state index contributed by atoms with van der Waals surface area (Å²) in [6, 6.07) is 0. The van der Waals surface area contributed by atoms with Crippen LogP contribution in [0.15, 0.2) is 0 Å². The lowest BCUT2D eigenvalue weighted by atomic mass is 10.1. The van der Waals surface area contributed by atoms with Gasteiger partial charge < -0.3 is 9.29 Å². The van der Waals surface area contributed by atoms with E-state index in [9.17, 15) is 4.55 Å². The Morgan fingerprint density at radius 2 is 2.20 bits per heavy atom. The molecule has 0 aromatic heterocycles. The smallest absolute Gasteiger partial charge is 0.138 e. The normalized spacial score (nSPS) is 37.5. The molecule has 3 atom stereocenters. The number of hydrogen-bond donors (Lipinski definition) is 0. The molecule has 1 aliphatic rings. The van der Waals surface area contributed by atoms with Gasteiger partial charge in [-0.05, 0) is 19.8 Å². The van der Waals surface area contributed by atoms with E-state index >= 15 is 0 Å². The number of rotatable bonds is 1. The molecule has 3 heteroatoms. The first-order chi connectivity index (χ1) is 4.70. The molecule has 0 radical (unpaired) electrons. The molecule has 1 rings (SSSR count). The molecule has 0 N–H and O–H groups in total. The van der Waals surface area contributed by atoms with Crippen LogP contribution in [0.1, 0.15) is 19.8 Å². The first-order valence-corrected chi connectivity index (χ1v) is 5.26. The first kappa shape index (κ1) is 8.37. The Hall–Kier alpha value is 0.270. The third-order valence-corrected chi connectivity index (χ3v) is 3.24. The molecule has 0 aliphatic carbocycles. The van der Waals surface area contributed by atoms with E-state index in [1.807, 2.05) is 0 Å². The summed E-state index contributed by atoms with van der Waals surface area (Å²) >= 11 is -0.692. The average Bonchev–Trinajstić information content (AvgIpc) is 1.88. The van der Waals surface area contributed by atoms with Gasteiger partial charge in [0, 0.05) is 0 Å². The lowest BCUT2D eigenvalue weighted by Crippen LogP contribution is -2.33. The minimum absolute atomic E-state index is 0.288. The Morgan fingerprint density at radius 1 is 1.50 bits per heavy atom. The minimum Gasteiger partial charge on any atom is -0.616 e. The van der Waals surface area contributed by atoms with Crippen molar-refractivity contribution in [2.75, 3.05) is 12.9 Å². The fraction of sp³-hybridized carbons (Fsp3) is 1.00. The average molecular weight is 162 g/mol. The van der Waals surface area contributed by atoms with Crippen molar-refractivity contribution in [2.24, 2.45) is 0 Å². The van der Waals surface area contributed by atoms with Gasteiger partial charge in [0.05, 0.1) is 19.0 Å². The highest BCUT2D eigenvalue weighted by Crippen LogP contribution is 2.17. The summed E-state index contributed by atoms with van der Waals surface area (Å²) in [6.45, 7) is 2.75. The summed E-state index contributed by atoms with van der Waals surface area (Å²) in [6.07, 6.45) is 4.25. The second-order valence-electron chi connectivity index (χ2n) is 2.84. The molecule has 2 nitrogen and oxygen atoms in total. The lowest BCUT2D eigenvalue weighted by molar-refractivity contribution is 0.0308. The van der Waals surface area contributed by atoms with E-state index < -0.39 is 11.2 Å². The molecule has 1 heterocycles. The fourth-order valence-corrected chi connectivity index (χ4v) is 1.86. The van der Waals surface area contributed by atoms with Crippen LogP contribution in [0.4, 0.5) is 0 Å². The van der Waals surface area contributed by atoms with Crippen molar-refractivity contribution in [3.05, 3.63) is 0 Å². The van der Waals surface area contributed by atoms with Crippen LogP contribution in [0.2, 0.25) is 0 Å². The third kappa shape index (κ3) is 2.15. The molecule has 1 saturated heterocycles. The van der Waals surface area contributed by atoms with Gasteiger partial charge in [0.25, 0.3) is 0 Å². The van der Waals surface area contributed by atoms with Crippen LogP contribution in [-0.4, -0.2) is 28.8 Å². The molecule has 0 bridgehead atoms. The highest BCUT2D eigenvalue weighted by molar-refractivity contribution is 7.91. The molecule has 60 valence electrons. The second-order valence-corrected chi connectivity index (χ2v) is 4.51. The van der Waals surface area contributed by atoms with E-state index in [1.165, 1.54) is 0 Å². The Labute approximate surface area is 65.1 Å². The largest absolute Gasteiger partial charge is 0.616 e. The van der Waals surface area contributed by atoms with Gasteiger partial charge in [0.15, 0.2) is 0 Å². The van der Waals surface area contributed by atoms with Crippen LogP contribution in [-0.2, 0) is 15.9 Å². The maximum absolute atomic E-state index is 10.9. The standard InChI is InChI=1S/C7H14O2S/c1-6-3-4-7(5-9-6)10(2)8/h6-7H,3-5H2,1-2H3. The lowest BCUT2D eigenvalue weighted by Gasteiger charge is -2.26. The zero-order valence-corrected chi connectivity index (χ0v) is 7.32.